The van der Waals surface area contributed by atoms with E-state index < -0.39 is 5.60 Å². The van der Waals surface area contributed by atoms with Crippen LogP contribution in [0.2, 0.25) is 5.02 Å². The lowest BCUT2D eigenvalue weighted by Crippen LogP contribution is -2.43. The molecule has 1 aliphatic carbocycles. The molecule has 0 aliphatic heterocycles. The van der Waals surface area contributed by atoms with E-state index in [-0.39, 0.29) is 5.78 Å². The summed E-state index contributed by atoms with van der Waals surface area (Å²) in [6, 6.07) is 0. The largest absolute Gasteiger partial charge is 0.370 e. The zero-order chi connectivity index (χ0) is 15.5. The Kier molecular flexibility index (Phi) is 5.41. The Morgan fingerprint density at radius 3 is 2.67 bits per heavy atom. The summed E-state index contributed by atoms with van der Waals surface area (Å²) in [4.78, 5) is 15.1. The third-order valence-corrected chi connectivity index (χ3v) is 4.51. The molecule has 0 unspecified atom stereocenters. The summed E-state index contributed by atoms with van der Waals surface area (Å²) in [6.07, 6.45) is 6.27. The lowest BCUT2D eigenvalue weighted by molar-refractivity contribution is -0.0201. The SMILES string of the molecule is COC1(C(=O)c2c(Cl)cnn2CCN(C)C)CCCCC1. The number of aromatic nitrogens is 2. The number of rotatable bonds is 6. The van der Waals surface area contributed by atoms with Crippen molar-refractivity contribution in [1.82, 2.24) is 14.7 Å². The van der Waals surface area contributed by atoms with E-state index in [0.717, 1.165) is 38.6 Å². The standard InChI is InChI=1S/C15H24ClN3O2/c1-18(2)9-10-19-13(12(16)11-17-19)14(20)15(21-3)7-5-4-6-8-15/h11H,4-10H2,1-3H3. The topological polar surface area (TPSA) is 47.4 Å². The van der Waals surface area contributed by atoms with Gasteiger partial charge in [-0.05, 0) is 26.9 Å². The van der Waals surface area contributed by atoms with Crippen LogP contribution in [0, 0.1) is 0 Å². The van der Waals surface area contributed by atoms with Gasteiger partial charge in [0.1, 0.15) is 11.3 Å². The monoisotopic (exact) mass is 313 g/mol. The molecule has 21 heavy (non-hydrogen) atoms. The lowest BCUT2D eigenvalue weighted by Gasteiger charge is -2.34. The maximum atomic E-state index is 13.0. The van der Waals surface area contributed by atoms with Crippen LogP contribution in [0.1, 0.15) is 42.6 Å². The fraction of sp³-hybridized carbons (Fsp3) is 0.733. The Labute approximate surface area is 131 Å². The fourth-order valence-electron chi connectivity index (χ4n) is 2.92. The third-order valence-electron chi connectivity index (χ3n) is 4.23. The average molecular weight is 314 g/mol. The summed E-state index contributed by atoms with van der Waals surface area (Å²) in [7, 11) is 5.60. The van der Waals surface area contributed by atoms with E-state index in [0.29, 0.717) is 17.3 Å². The summed E-state index contributed by atoms with van der Waals surface area (Å²) >= 11 is 6.22. The molecule has 0 radical (unpaired) electrons. The van der Waals surface area contributed by atoms with Gasteiger partial charge in [-0.2, -0.15) is 5.10 Å². The lowest BCUT2D eigenvalue weighted by atomic mass is 9.80. The van der Waals surface area contributed by atoms with Gasteiger partial charge in [-0.25, -0.2) is 0 Å². The van der Waals surface area contributed by atoms with Gasteiger partial charge in [0.15, 0.2) is 0 Å². The average Bonchev–Trinajstić information content (AvgIpc) is 2.86. The molecule has 0 saturated heterocycles. The number of ether oxygens (including phenoxy) is 1. The second-order valence-electron chi connectivity index (χ2n) is 5.96. The molecule has 1 aliphatic rings. The van der Waals surface area contributed by atoms with Gasteiger partial charge >= 0.3 is 0 Å². The summed E-state index contributed by atoms with van der Waals surface area (Å²) in [5.41, 5.74) is -0.236. The van der Waals surface area contributed by atoms with Gasteiger partial charge in [-0.3, -0.25) is 9.48 Å². The van der Waals surface area contributed by atoms with Crippen molar-refractivity contribution in [2.45, 2.75) is 44.2 Å². The first-order valence-electron chi connectivity index (χ1n) is 7.46. The first kappa shape index (κ1) is 16.5. The van der Waals surface area contributed by atoms with Crippen molar-refractivity contribution in [3.63, 3.8) is 0 Å². The van der Waals surface area contributed by atoms with Crippen LogP contribution in [0.15, 0.2) is 6.20 Å². The number of methoxy groups -OCH3 is 1. The smallest absolute Gasteiger partial charge is 0.214 e. The van der Waals surface area contributed by atoms with E-state index in [1.807, 2.05) is 14.1 Å². The van der Waals surface area contributed by atoms with Crippen LogP contribution in [0.3, 0.4) is 0 Å². The minimum absolute atomic E-state index is 0.0223. The van der Waals surface area contributed by atoms with Gasteiger partial charge in [0, 0.05) is 13.7 Å². The summed E-state index contributed by atoms with van der Waals surface area (Å²) < 4.78 is 7.35. The van der Waals surface area contributed by atoms with Gasteiger partial charge in [-0.15, -0.1) is 0 Å². The Morgan fingerprint density at radius 2 is 2.10 bits per heavy atom. The zero-order valence-electron chi connectivity index (χ0n) is 13.1. The summed E-state index contributed by atoms with van der Waals surface area (Å²) in [5, 5.41) is 4.67. The maximum Gasteiger partial charge on any atom is 0.214 e. The summed E-state index contributed by atoms with van der Waals surface area (Å²) in [5.74, 6) is -0.0223. The maximum absolute atomic E-state index is 13.0. The van der Waals surface area contributed by atoms with E-state index in [9.17, 15) is 4.79 Å². The van der Waals surface area contributed by atoms with Crippen molar-refractivity contribution in [1.29, 1.82) is 0 Å². The molecule has 0 spiro atoms. The molecule has 1 saturated carbocycles. The predicted molar refractivity (Wildman–Crippen MR) is 82.9 cm³/mol. The van der Waals surface area contributed by atoms with Crippen molar-refractivity contribution >= 4 is 17.4 Å². The van der Waals surface area contributed by atoms with E-state index in [1.54, 1.807) is 18.0 Å². The Hall–Kier alpha value is -0.910. The van der Waals surface area contributed by atoms with E-state index >= 15 is 0 Å². The number of nitrogens with zero attached hydrogens (tertiary/aromatic N) is 3. The van der Waals surface area contributed by atoms with Crippen LogP contribution in [0.5, 0.6) is 0 Å². The van der Waals surface area contributed by atoms with Crippen LogP contribution in [-0.2, 0) is 11.3 Å². The Balaban J connectivity index is 2.27. The van der Waals surface area contributed by atoms with Crippen LogP contribution in [-0.4, -0.2) is 53.8 Å². The van der Waals surface area contributed by atoms with Crippen molar-refractivity contribution in [3.8, 4) is 0 Å². The number of Topliss-reactive ketones (excluding diaryl/α,β-unsaturated/α-hetero) is 1. The van der Waals surface area contributed by atoms with Crippen LogP contribution >= 0.6 is 11.6 Å². The number of carbonyl (C=O) groups excluding carboxylic acids is 1. The molecule has 0 N–H and O–H groups in total. The molecular formula is C15H24ClN3O2. The van der Waals surface area contributed by atoms with E-state index in [2.05, 4.69) is 10.00 Å². The number of ketones is 1. The molecule has 0 amide bonds. The van der Waals surface area contributed by atoms with Crippen molar-refractivity contribution in [3.05, 3.63) is 16.9 Å². The van der Waals surface area contributed by atoms with Crippen molar-refractivity contribution in [2.24, 2.45) is 0 Å². The van der Waals surface area contributed by atoms with E-state index in [1.165, 1.54) is 0 Å². The zero-order valence-corrected chi connectivity index (χ0v) is 13.8. The molecule has 6 heteroatoms. The number of hydrogen-bond acceptors (Lipinski definition) is 4. The van der Waals surface area contributed by atoms with Crippen LogP contribution in [0.25, 0.3) is 0 Å². The van der Waals surface area contributed by atoms with Gasteiger partial charge < -0.3 is 9.64 Å². The third kappa shape index (κ3) is 3.47. The number of halogens is 1. The van der Waals surface area contributed by atoms with Gasteiger partial charge in [0.2, 0.25) is 5.78 Å². The fourth-order valence-corrected chi connectivity index (χ4v) is 3.14. The molecule has 0 aromatic carbocycles. The molecular weight excluding hydrogens is 290 g/mol. The highest BCUT2D eigenvalue weighted by Crippen LogP contribution is 2.35. The van der Waals surface area contributed by atoms with Crippen molar-refractivity contribution in [2.75, 3.05) is 27.7 Å². The summed E-state index contributed by atoms with van der Waals surface area (Å²) in [6.45, 7) is 1.44. The molecule has 1 heterocycles. The quantitative estimate of drug-likeness (QED) is 0.758. The molecule has 5 nitrogen and oxygen atoms in total. The highest BCUT2D eigenvalue weighted by Gasteiger charge is 2.42. The highest BCUT2D eigenvalue weighted by molar-refractivity contribution is 6.34. The molecule has 118 valence electrons. The number of likely N-dealkylation sites (N-methyl/N-ethyl adjacent to an activating group) is 1. The first-order chi connectivity index (χ1) is 10.00. The molecule has 0 atom stereocenters. The highest BCUT2D eigenvalue weighted by atomic mass is 35.5. The van der Waals surface area contributed by atoms with Gasteiger partial charge in [0.05, 0.1) is 17.8 Å². The second-order valence-corrected chi connectivity index (χ2v) is 6.36. The van der Waals surface area contributed by atoms with Crippen molar-refractivity contribution < 1.29 is 9.53 Å². The number of carbonyl (C=O) groups is 1. The minimum atomic E-state index is -0.724. The normalized spacial score (nSPS) is 18.1. The van der Waals surface area contributed by atoms with Gasteiger partial charge in [-0.1, -0.05) is 30.9 Å². The molecule has 0 bridgehead atoms. The Bertz CT molecular complexity index is 493. The van der Waals surface area contributed by atoms with Gasteiger partial charge in [0.25, 0.3) is 0 Å². The predicted octanol–water partition coefficient (Wildman–Crippen LogP) is 2.63. The second kappa shape index (κ2) is 6.90. The molecule has 1 aromatic rings. The first-order valence-corrected chi connectivity index (χ1v) is 7.84. The van der Waals surface area contributed by atoms with Crippen LogP contribution < -0.4 is 0 Å². The van der Waals surface area contributed by atoms with E-state index in [4.69, 9.17) is 16.3 Å². The number of hydrogen-bond donors (Lipinski definition) is 0. The molecule has 1 fully saturated rings. The minimum Gasteiger partial charge on any atom is -0.370 e. The molecule has 1 aromatic heterocycles. The Morgan fingerprint density at radius 1 is 1.43 bits per heavy atom. The molecule has 2 rings (SSSR count). The van der Waals surface area contributed by atoms with Crippen LogP contribution in [0.4, 0.5) is 0 Å².